The van der Waals surface area contributed by atoms with Crippen LogP contribution in [0.2, 0.25) is 0 Å². The fraction of sp³-hybridized carbons (Fsp3) is 0.375. The third kappa shape index (κ3) is 4.04. The van der Waals surface area contributed by atoms with Gasteiger partial charge in [-0.15, -0.1) is 12.4 Å². The molecule has 0 saturated heterocycles. The van der Waals surface area contributed by atoms with Crippen LogP contribution < -0.4 is 5.73 Å². The summed E-state index contributed by atoms with van der Waals surface area (Å²) in [6.45, 7) is 0.0961. The number of rotatable bonds is 3. The van der Waals surface area contributed by atoms with Crippen LogP contribution in [0.3, 0.4) is 0 Å². The average Bonchev–Trinajstić information content (AvgIpc) is 2.06. The number of hydrogen-bond donors (Lipinski definition) is 2. The lowest BCUT2D eigenvalue weighted by atomic mass is 10.1. The normalized spacial score (nSPS) is 11.9. The van der Waals surface area contributed by atoms with Crippen molar-refractivity contribution in [2.45, 2.75) is 12.5 Å². The first-order chi connectivity index (χ1) is 5.74. The Balaban J connectivity index is 0.00000144. The van der Waals surface area contributed by atoms with Crippen LogP contribution in [0.4, 0.5) is 0 Å². The Morgan fingerprint density at radius 1 is 1.54 bits per heavy atom. The molecule has 1 rings (SSSR count). The molecule has 0 radical (unpaired) electrons. The maximum Gasteiger partial charge on any atom is 0.0572 e. The summed E-state index contributed by atoms with van der Waals surface area (Å²) in [6, 6.07) is 3.58. The molecule has 13 heavy (non-hydrogen) atoms. The van der Waals surface area contributed by atoms with E-state index in [1.165, 1.54) is 0 Å². The van der Waals surface area contributed by atoms with Crippen molar-refractivity contribution in [3.05, 3.63) is 28.5 Å². The largest absolute Gasteiger partial charge is 0.396 e. The number of halogens is 2. The Labute approximate surface area is 91.9 Å². The summed E-state index contributed by atoms with van der Waals surface area (Å²) in [5.74, 6) is 0. The quantitative estimate of drug-likeness (QED) is 0.875. The van der Waals surface area contributed by atoms with E-state index in [0.29, 0.717) is 6.42 Å². The second kappa shape index (κ2) is 6.32. The van der Waals surface area contributed by atoms with Crippen LogP contribution in [-0.2, 0) is 0 Å². The van der Waals surface area contributed by atoms with E-state index in [0.717, 1.165) is 10.2 Å². The topological polar surface area (TPSA) is 59.1 Å². The Morgan fingerprint density at radius 2 is 2.23 bits per heavy atom. The standard InChI is InChI=1S/C8H11BrN2O.ClH/c9-6-1-2-8(11-5-6)7(10)3-4-12;/h1-2,5,7,12H,3-4,10H2;1H/t7-;/m1./s1. The fourth-order valence-electron chi connectivity index (χ4n) is 0.894. The predicted octanol–water partition coefficient (Wildman–Crippen LogP) is 1.65. The molecule has 1 aromatic rings. The lowest BCUT2D eigenvalue weighted by Gasteiger charge is -2.08. The smallest absolute Gasteiger partial charge is 0.0572 e. The molecule has 0 aromatic carbocycles. The highest BCUT2D eigenvalue weighted by molar-refractivity contribution is 9.10. The minimum Gasteiger partial charge on any atom is -0.396 e. The van der Waals surface area contributed by atoms with Crippen molar-refractivity contribution in [2.75, 3.05) is 6.61 Å². The molecule has 0 unspecified atom stereocenters. The molecule has 0 aliphatic heterocycles. The van der Waals surface area contributed by atoms with Crippen molar-refractivity contribution in [3.8, 4) is 0 Å². The third-order valence-electron chi connectivity index (χ3n) is 1.57. The van der Waals surface area contributed by atoms with Gasteiger partial charge in [0.2, 0.25) is 0 Å². The highest BCUT2D eigenvalue weighted by Crippen LogP contribution is 2.13. The molecule has 3 N–H and O–H groups in total. The van der Waals surface area contributed by atoms with Crippen LogP contribution in [0.1, 0.15) is 18.2 Å². The van der Waals surface area contributed by atoms with Crippen molar-refractivity contribution >= 4 is 28.3 Å². The van der Waals surface area contributed by atoms with Gasteiger partial charge in [-0.1, -0.05) is 0 Å². The SMILES string of the molecule is Cl.N[C@H](CCO)c1ccc(Br)cn1. The molecule has 1 heterocycles. The molecule has 1 atom stereocenters. The molecule has 0 amide bonds. The van der Waals surface area contributed by atoms with Crippen molar-refractivity contribution in [2.24, 2.45) is 5.73 Å². The van der Waals surface area contributed by atoms with E-state index in [4.69, 9.17) is 10.8 Å². The van der Waals surface area contributed by atoms with Gasteiger partial charge in [0.1, 0.15) is 0 Å². The molecular weight excluding hydrogens is 255 g/mol. The van der Waals surface area contributed by atoms with Crippen LogP contribution in [0.25, 0.3) is 0 Å². The maximum absolute atomic E-state index is 8.64. The van der Waals surface area contributed by atoms with Crippen molar-refractivity contribution in [1.82, 2.24) is 4.98 Å². The molecule has 3 nitrogen and oxygen atoms in total. The van der Waals surface area contributed by atoms with Gasteiger partial charge in [0, 0.05) is 23.3 Å². The van der Waals surface area contributed by atoms with Crippen LogP contribution in [0.5, 0.6) is 0 Å². The van der Waals surface area contributed by atoms with E-state index in [-0.39, 0.29) is 25.1 Å². The Hall–Kier alpha value is -0.160. The second-order valence-electron chi connectivity index (χ2n) is 2.52. The number of nitrogens with zero attached hydrogens (tertiary/aromatic N) is 1. The van der Waals surface area contributed by atoms with E-state index in [1.807, 2.05) is 12.1 Å². The van der Waals surface area contributed by atoms with Gasteiger partial charge in [0.05, 0.1) is 5.69 Å². The molecule has 0 fully saturated rings. The number of nitrogens with two attached hydrogens (primary N) is 1. The number of pyridine rings is 1. The number of aliphatic hydroxyl groups is 1. The fourth-order valence-corrected chi connectivity index (χ4v) is 1.13. The zero-order valence-corrected chi connectivity index (χ0v) is 9.38. The molecule has 0 saturated carbocycles. The van der Waals surface area contributed by atoms with Gasteiger partial charge in [0.25, 0.3) is 0 Å². The average molecular weight is 268 g/mol. The first-order valence-corrected chi connectivity index (χ1v) is 4.51. The summed E-state index contributed by atoms with van der Waals surface area (Å²) in [4.78, 5) is 4.11. The zero-order valence-electron chi connectivity index (χ0n) is 6.98. The lowest BCUT2D eigenvalue weighted by molar-refractivity contribution is 0.275. The molecule has 5 heteroatoms. The molecule has 1 aromatic heterocycles. The highest BCUT2D eigenvalue weighted by atomic mass is 79.9. The minimum atomic E-state index is -0.164. The van der Waals surface area contributed by atoms with Crippen molar-refractivity contribution in [1.29, 1.82) is 0 Å². The van der Waals surface area contributed by atoms with Crippen LogP contribution in [0.15, 0.2) is 22.8 Å². The van der Waals surface area contributed by atoms with Gasteiger partial charge in [-0.05, 0) is 34.5 Å². The van der Waals surface area contributed by atoms with E-state index in [2.05, 4.69) is 20.9 Å². The summed E-state index contributed by atoms with van der Waals surface area (Å²) in [5, 5.41) is 8.64. The first-order valence-electron chi connectivity index (χ1n) is 3.72. The molecule has 0 spiro atoms. The highest BCUT2D eigenvalue weighted by Gasteiger charge is 2.05. The van der Waals surface area contributed by atoms with Gasteiger partial charge < -0.3 is 10.8 Å². The van der Waals surface area contributed by atoms with Gasteiger partial charge in [-0.3, -0.25) is 4.98 Å². The summed E-state index contributed by atoms with van der Waals surface area (Å²) < 4.78 is 0.933. The molecule has 0 aliphatic rings. The minimum absolute atomic E-state index is 0. The van der Waals surface area contributed by atoms with E-state index < -0.39 is 0 Å². The molecular formula is C8H12BrClN2O. The maximum atomic E-state index is 8.64. The van der Waals surface area contributed by atoms with Gasteiger partial charge in [-0.25, -0.2) is 0 Å². The van der Waals surface area contributed by atoms with Crippen LogP contribution in [-0.4, -0.2) is 16.7 Å². The van der Waals surface area contributed by atoms with Gasteiger partial charge >= 0.3 is 0 Å². The molecule has 0 bridgehead atoms. The van der Waals surface area contributed by atoms with Crippen molar-refractivity contribution in [3.63, 3.8) is 0 Å². The second-order valence-corrected chi connectivity index (χ2v) is 3.44. The number of aliphatic hydroxyl groups excluding tert-OH is 1. The van der Waals surface area contributed by atoms with E-state index in [9.17, 15) is 0 Å². The van der Waals surface area contributed by atoms with Crippen molar-refractivity contribution < 1.29 is 5.11 Å². The monoisotopic (exact) mass is 266 g/mol. The molecule has 74 valence electrons. The first kappa shape index (κ1) is 12.8. The number of aromatic nitrogens is 1. The lowest BCUT2D eigenvalue weighted by Crippen LogP contribution is -2.13. The summed E-state index contributed by atoms with van der Waals surface area (Å²) >= 11 is 3.28. The molecule has 0 aliphatic carbocycles. The Morgan fingerprint density at radius 3 is 2.69 bits per heavy atom. The van der Waals surface area contributed by atoms with Gasteiger partial charge in [0.15, 0.2) is 0 Å². The van der Waals surface area contributed by atoms with Crippen LogP contribution in [0, 0.1) is 0 Å². The third-order valence-corrected chi connectivity index (χ3v) is 2.04. The summed E-state index contributed by atoms with van der Waals surface area (Å²) in [5.41, 5.74) is 6.53. The van der Waals surface area contributed by atoms with Crippen LogP contribution >= 0.6 is 28.3 Å². The summed E-state index contributed by atoms with van der Waals surface area (Å²) in [6.07, 6.45) is 2.25. The zero-order chi connectivity index (χ0) is 8.97. The van der Waals surface area contributed by atoms with E-state index >= 15 is 0 Å². The predicted molar refractivity (Wildman–Crippen MR) is 57.8 cm³/mol. The summed E-state index contributed by atoms with van der Waals surface area (Å²) in [7, 11) is 0. The number of hydrogen-bond acceptors (Lipinski definition) is 3. The van der Waals surface area contributed by atoms with E-state index in [1.54, 1.807) is 6.20 Å². The Kier molecular flexibility index (Phi) is 6.24. The van der Waals surface area contributed by atoms with Gasteiger partial charge in [-0.2, -0.15) is 0 Å². The Bertz CT molecular complexity index is 242.